The van der Waals surface area contributed by atoms with Crippen molar-refractivity contribution in [2.45, 2.75) is 150 Å². The monoisotopic (exact) mass is 625 g/mol. The number of hydrogen-bond acceptors (Lipinski definition) is 14. The van der Waals surface area contributed by atoms with Crippen LogP contribution in [-0.4, -0.2) is 169 Å². The third-order valence-electron chi connectivity index (χ3n) is 10.1. The maximum Gasteiger partial charge on any atom is 0.187 e. The summed E-state index contributed by atoms with van der Waals surface area (Å²) in [6.45, 7) is 0.824. The summed E-state index contributed by atoms with van der Waals surface area (Å²) in [7, 11) is 1.53. The summed E-state index contributed by atoms with van der Waals surface area (Å²) in [6, 6.07) is 0. The molecule has 43 heavy (non-hydrogen) atoms. The summed E-state index contributed by atoms with van der Waals surface area (Å²) < 4.78 is 34.4. The molecule has 3 saturated heterocycles. The molecule has 15 heteroatoms. The maximum absolute atomic E-state index is 11.1. The van der Waals surface area contributed by atoms with E-state index >= 15 is 0 Å². The second-order valence-corrected chi connectivity index (χ2v) is 12.9. The van der Waals surface area contributed by atoms with E-state index in [1.807, 2.05) is 0 Å². The van der Waals surface area contributed by atoms with E-state index in [0.717, 1.165) is 0 Å². The second kappa shape index (κ2) is 14.0. The van der Waals surface area contributed by atoms with Gasteiger partial charge in [0.05, 0.1) is 43.0 Å². The first-order valence-electron chi connectivity index (χ1n) is 15.3. The molecule has 3 heterocycles. The zero-order valence-corrected chi connectivity index (χ0v) is 24.4. The van der Waals surface area contributed by atoms with Crippen LogP contribution in [-0.2, 0) is 23.7 Å². The van der Waals surface area contributed by atoms with Gasteiger partial charge in [0.1, 0.15) is 48.8 Å². The van der Waals surface area contributed by atoms with Crippen LogP contribution in [0.15, 0.2) is 0 Å². The molecule has 5 aliphatic rings. The van der Waals surface area contributed by atoms with E-state index in [-0.39, 0.29) is 24.4 Å². The van der Waals surface area contributed by atoms with Crippen LogP contribution in [0.2, 0.25) is 0 Å². The lowest BCUT2D eigenvalue weighted by atomic mass is 9.72. The molecule has 19 atom stereocenters. The SMILES string of the molecule is COC1CC(C2[OH+]C3CC(O)CC(O)C3CC2O[C@@H]2O[C@H](CO)[C@@H](O)[C@H](O)[C@H]2O[C@@H]2O[C@@H](C)[C@H](O)[C@@H](O)[C@H]2O)CCC1O. The van der Waals surface area contributed by atoms with Crippen LogP contribution in [0.25, 0.3) is 0 Å². The smallest absolute Gasteiger partial charge is 0.187 e. The highest BCUT2D eigenvalue weighted by Gasteiger charge is 2.56. The van der Waals surface area contributed by atoms with E-state index in [0.29, 0.717) is 32.1 Å². The van der Waals surface area contributed by atoms with Crippen LogP contribution in [0, 0.1) is 11.8 Å². The number of methoxy groups -OCH3 is 1. The van der Waals surface area contributed by atoms with Gasteiger partial charge in [-0.05, 0) is 32.6 Å². The third kappa shape index (κ3) is 6.92. The molecule has 0 amide bonds. The Bertz CT molecular complexity index is 898. The Morgan fingerprint density at radius 2 is 1.47 bits per heavy atom. The minimum absolute atomic E-state index is 0.0939. The Kier molecular flexibility index (Phi) is 11.0. The van der Waals surface area contributed by atoms with Gasteiger partial charge in [-0.2, -0.15) is 0 Å². The van der Waals surface area contributed by atoms with E-state index < -0.39 is 105 Å². The van der Waals surface area contributed by atoms with Crippen molar-refractivity contribution in [2.24, 2.45) is 11.8 Å². The van der Waals surface area contributed by atoms with Gasteiger partial charge in [-0.25, -0.2) is 0 Å². The predicted molar refractivity (Wildman–Crippen MR) is 143 cm³/mol. The number of hydrogen-bond donors (Lipinski definition) is 9. The van der Waals surface area contributed by atoms with Crippen LogP contribution >= 0.6 is 0 Å². The van der Waals surface area contributed by atoms with Crippen molar-refractivity contribution < 1.29 is 74.4 Å². The summed E-state index contributed by atoms with van der Waals surface area (Å²) in [5.41, 5.74) is 0. The molecule has 0 spiro atoms. The zero-order valence-electron chi connectivity index (χ0n) is 24.4. The Morgan fingerprint density at radius 3 is 2.16 bits per heavy atom. The van der Waals surface area contributed by atoms with E-state index in [1.54, 1.807) is 0 Å². The van der Waals surface area contributed by atoms with Gasteiger partial charge in [-0.3, -0.25) is 0 Å². The van der Waals surface area contributed by atoms with Crippen molar-refractivity contribution in [2.75, 3.05) is 13.7 Å². The molecular formula is C28H49O15+. The third-order valence-corrected chi connectivity index (χ3v) is 10.1. The number of ether oxygens (including phenoxy) is 6. The lowest BCUT2D eigenvalue weighted by Crippen LogP contribution is -2.65. The molecule has 0 aromatic rings. The summed E-state index contributed by atoms with van der Waals surface area (Å²) in [5, 5.41) is 94.1. The molecule has 0 aromatic heterocycles. The summed E-state index contributed by atoms with van der Waals surface area (Å²) in [5.74, 6) is -0.422. The quantitative estimate of drug-likeness (QED) is 0.123. The molecule has 250 valence electrons. The van der Waals surface area contributed by atoms with Crippen molar-refractivity contribution in [3.63, 3.8) is 0 Å². The molecule has 2 saturated carbocycles. The van der Waals surface area contributed by atoms with Gasteiger partial charge in [0.2, 0.25) is 0 Å². The minimum atomic E-state index is -1.70. The molecule has 0 radical (unpaired) electrons. The lowest BCUT2D eigenvalue weighted by Gasteiger charge is -2.49. The van der Waals surface area contributed by atoms with Crippen LogP contribution in [0.3, 0.4) is 0 Å². The van der Waals surface area contributed by atoms with Gasteiger partial charge in [0, 0.05) is 25.9 Å². The molecule has 3 aliphatic heterocycles. The van der Waals surface area contributed by atoms with E-state index in [4.69, 9.17) is 28.4 Å². The van der Waals surface area contributed by atoms with Crippen molar-refractivity contribution in [3.8, 4) is 0 Å². The minimum Gasteiger partial charge on any atom is -0.427 e. The first-order valence-corrected chi connectivity index (χ1v) is 15.3. The first kappa shape index (κ1) is 33.8. The van der Waals surface area contributed by atoms with Gasteiger partial charge in [-0.1, -0.05) is 0 Å². The normalized spacial score (nSPS) is 54.6. The standard InChI is InChI=1S/C28H48O15/c1-10-20(33)22(35)24(37)27(39-10)43-26-23(36)21(34)19(9-29)42-28(26)41-18-8-13-15(32)6-12(30)7-16(13)40-25(18)11-3-4-14(31)17(5-11)38-2/h10-37H,3-9H2,1-2H3/p+1/t10-,11?,12?,13?,14?,15?,16?,17?,18?,19+,20-,21+,22+,23-,24+,25?,26+,27-,28+/m0/s1. The maximum atomic E-state index is 11.1. The molecule has 10 N–H and O–H groups in total. The number of aliphatic hydroxyl groups excluding tert-OH is 9. The average Bonchev–Trinajstić information content (AvgIpc) is 2.98. The van der Waals surface area contributed by atoms with Gasteiger partial charge in [-0.15, -0.1) is 0 Å². The lowest BCUT2D eigenvalue weighted by molar-refractivity contribution is -0.385. The second-order valence-electron chi connectivity index (χ2n) is 12.9. The molecular weight excluding hydrogens is 576 g/mol. The topological polar surface area (TPSA) is 241 Å². The van der Waals surface area contributed by atoms with Crippen molar-refractivity contribution >= 4 is 0 Å². The fourth-order valence-corrected chi connectivity index (χ4v) is 7.50. The highest BCUT2D eigenvalue weighted by molar-refractivity contribution is 4.99. The molecule has 9 unspecified atom stereocenters. The van der Waals surface area contributed by atoms with Gasteiger partial charge < -0.3 is 74.4 Å². The Hall–Kier alpha value is -0.600. The first-order chi connectivity index (χ1) is 20.4. The predicted octanol–water partition coefficient (Wildman–Crippen LogP) is -4.00. The van der Waals surface area contributed by atoms with E-state index in [9.17, 15) is 46.0 Å². The van der Waals surface area contributed by atoms with Crippen LogP contribution in [0.1, 0.15) is 45.4 Å². The van der Waals surface area contributed by atoms with Crippen LogP contribution < -0.4 is 0 Å². The van der Waals surface area contributed by atoms with Gasteiger partial charge in [0.15, 0.2) is 24.8 Å². The Morgan fingerprint density at radius 1 is 0.721 bits per heavy atom. The molecule has 0 aromatic carbocycles. The van der Waals surface area contributed by atoms with Crippen molar-refractivity contribution in [1.82, 2.24) is 0 Å². The highest BCUT2D eigenvalue weighted by atomic mass is 16.8. The fraction of sp³-hybridized carbons (Fsp3) is 1.00. The van der Waals surface area contributed by atoms with Crippen molar-refractivity contribution in [1.29, 1.82) is 0 Å². The van der Waals surface area contributed by atoms with E-state index in [1.165, 1.54) is 14.0 Å². The number of aliphatic hydroxyl groups is 11. The molecule has 5 rings (SSSR count). The highest BCUT2D eigenvalue weighted by Crippen LogP contribution is 2.43. The Balaban J connectivity index is 1.40. The fourth-order valence-electron chi connectivity index (χ4n) is 7.50. The molecule has 15 nitrogen and oxygen atoms in total. The van der Waals surface area contributed by atoms with Gasteiger partial charge in [0.25, 0.3) is 0 Å². The summed E-state index contributed by atoms with van der Waals surface area (Å²) >= 11 is 0. The summed E-state index contributed by atoms with van der Waals surface area (Å²) in [6.07, 6.45) is -16.1. The number of rotatable bonds is 7. The molecule has 5 fully saturated rings. The van der Waals surface area contributed by atoms with E-state index in [2.05, 4.69) is 0 Å². The summed E-state index contributed by atoms with van der Waals surface area (Å²) in [4.78, 5) is 0. The molecule has 2 aliphatic carbocycles. The van der Waals surface area contributed by atoms with Gasteiger partial charge >= 0.3 is 0 Å². The average molecular weight is 626 g/mol. The zero-order chi connectivity index (χ0) is 31.2. The molecule has 0 bridgehead atoms. The number of fused-ring (bicyclic) bond motifs is 1. The van der Waals surface area contributed by atoms with Crippen LogP contribution in [0.4, 0.5) is 0 Å². The van der Waals surface area contributed by atoms with Crippen molar-refractivity contribution in [3.05, 3.63) is 0 Å². The largest absolute Gasteiger partial charge is 0.427 e. The van der Waals surface area contributed by atoms with Crippen LogP contribution in [0.5, 0.6) is 0 Å². The Labute approximate surface area is 249 Å².